The van der Waals surface area contributed by atoms with E-state index < -0.39 is 0 Å². The Kier molecular flexibility index (Phi) is 4.99. The first kappa shape index (κ1) is 14.5. The Morgan fingerprint density at radius 2 is 2.37 bits per heavy atom. The van der Waals surface area contributed by atoms with Crippen LogP contribution >= 0.6 is 22.9 Å². The smallest absolute Gasteiger partial charge is 0.110 e. The van der Waals surface area contributed by atoms with Crippen molar-refractivity contribution in [3.8, 4) is 0 Å². The van der Waals surface area contributed by atoms with Gasteiger partial charge in [-0.15, -0.1) is 11.3 Å². The average Bonchev–Trinajstić information content (AvgIpc) is 2.97. The first-order chi connectivity index (χ1) is 9.17. The highest BCUT2D eigenvalue weighted by Gasteiger charge is 2.19. The molecule has 2 aromatic rings. The lowest BCUT2D eigenvalue weighted by Crippen LogP contribution is -2.30. The van der Waals surface area contributed by atoms with Crippen LogP contribution in [0, 0.1) is 6.92 Å². The number of nitrogens with zero attached hydrogens (tertiary/aromatic N) is 2. The van der Waals surface area contributed by atoms with Crippen LogP contribution in [0.3, 0.4) is 0 Å². The molecule has 0 aliphatic rings. The number of aryl methyl sites for hydroxylation is 2. The van der Waals surface area contributed by atoms with Crippen LogP contribution in [0.5, 0.6) is 0 Å². The number of hydrogen-bond donors (Lipinski definition) is 2. The number of aromatic nitrogens is 2. The summed E-state index contributed by atoms with van der Waals surface area (Å²) in [6.45, 7) is 5.14. The van der Waals surface area contributed by atoms with E-state index in [4.69, 9.17) is 17.4 Å². The number of rotatable bonds is 6. The highest BCUT2D eigenvalue weighted by molar-refractivity contribution is 7.10. The van der Waals surface area contributed by atoms with Crippen LogP contribution in [0.25, 0.3) is 0 Å². The molecule has 2 aromatic heterocycles. The molecular formula is C13H19ClN4S. The van der Waals surface area contributed by atoms with Crippen LogP contribution in [-0.4, -0.2) is 9.55 Å². The van der Waals surface area contributed by atoms with E-state index in [9.17, 15) is 0 Å². The zero-order valence-electron chi connectivity index (χ0n) is 11.2. The van der Waals surface area contributed by atoms with Gasteiger partial charge in [-0.2, -0.15) is 0 Å². The van der Waals surface area contributed by atoms with Crippen molar-refractivity contribution in [2.75, 3.05) is 0 Å². The molecule has 2 heterocycles. The molecule has 0 saturated carbocycles. The summed E-state index contributed by atoms with van der Waals surface area (Å²) < 4.78 is 2.17. The van der Waals surface area contributed by atoms with Crippen molar-refractivity contribution in [1.82, 2.24) is 15.0 Å². The van der Waals surface area contributed by atoms with Gasteiger partial charge in [0.1, 0.15) is 5.82 Å². The zero-order chi connectivity index (χ0) is 13.8. The predicted molar refractivity (Wildman–Crippen MR) is 80.4 cm³/mol. The first-order valence-electron chi connectivity index (χ1n) is 6.37. The van der Waals surface area contributed by atoms with E-state index in [1.807, 2.05) is 19.3 Å². The van der Waals surface area contributed by atoms with Gasteiger partial charge in [0.05, 0.1) is 11.1 Å². The van der Waals surface area contributed by atoms with Crippen LogP contribution in [0.1, 0.15) is 35.7 Å². The Balaban J connectivity index is 2.19. The summed E-state index contributed by atoms with van der Waals surface area (Å²) in [7, 11) is 0. The fourth-order valence-corrected chi connectivity index (χ4v) is 3.46. The molecule has 0 aromatic carbocycles. The van der Waals surface area contributed by atoms with Gasteiger partial charge in [-0.1, -0.05) is 18.5 Å². The maximum atomic E-state index is 6.31. The second kappa shape index (κ2) is 6.52. The highest BCUT2D eigenvalue weighted by Crippen LogP contribution is 2.33. The monoisotopic (exact) mass is 298 g/mol. The van der Waals surface area contributed by atoms with Crippen molar-refractivity contribution in [2.24, 2.45) is 5.84 Å². The zero-order valence-corrected chi connectivity index (χ0v) is 12.8. The van der Waals surface area contributed by atoms with Gasteiger partial charge in [0.25, 0.3) is 0 Å². The van der Waals surface area contributed by atoms with Crippen molar-refractivity contribution in [3.63, 3.8) is 0 Å². The minimum absolute atomic E-state index is 0.00389. The number of halogens is 1. The molecule has 1 unspecified atom stereocenters. The second-order valence-electron chi connectivity index (χ2n) is 4.56. The molecule has 3 N–H and O–H groups in total. The van der Waals surface area contributed by atoms with Crippen LogP contribution in [0.15, 0.2) is 17.8 Å². The van der Waals surface area contributed by atoms with E-state index in [1.54, 1.807) is 11.3 Å². The van der Waals surface area contributed by atoms with E-state index in [-0.39, 0.29) is 6.04 Å². The fourth-order valence-electron chi connectivity index (χ4n) is 2.07. The summed E-state index contributed by atoms with van der Waals surface area (Å²) in [4.78, 5) is 5.49. The lowest BCUT2D eigenvalue weighted by Gasteiger charge is -2.16. The Morgan fingerprint density at radius 3 is 2.95 bits per heavy atom. The van der Waals surface area contributed by atoms with Crippen molar-refractivity contribution < 1.29 is 0 Å². The van der Waals surface area contributed by atoms with Crippen LogP contribution in [0.4, 0.5) is 0 Å². The molecule has 0 aliphatic carbocycles. The summed E-state index contributed by atoms with van der Waals surface area (Å²) >= 11 is 7.95. The number of nitrogens with one attached hydrogen (secondary N) is 1. The largest absolute Gasteiger partial charge is 0.335 e. The maximum Gasteiger partial charge on any atom is 0.110 e. The molecule has 1 atom stereocenters. The molecule has 19 heavy (non-hydrogen) atoms. The number of hydrogen-bond acceptors (Lipinski definition) is 4. The molecule has 0 saturated heterocycles. The standard InChI is InChI=1S/C13H19ClN4S/c1-3-5-18-6-4-16-11(18)7-10(17-15)13-12(14)9(2)8-19-13/h4,6,8,10,17H,3,5,7,15H2,1-2H3. The minimum Gasteiger partial charge on any atom is -0.335 e. The Morgan fingerprint density at radius 1 is 1.58 bits per heavy atom. The minimum atomic E-state index is 0.00389. The summed E-state index contributed by atoms with van der Waals surface area (Å²) in [6, 6.07) is 0.00389. The average molecular weight is 299 g/mol. The van der Waals surface area contributed by atoms with E-state index in [2.05, 4.69) is 27.3 Å². The van der Waals surface area contributed by atoms with Gasteiger partial charge in [0, 0.05) is 30.2 Å². The highest BCUT2D eigenvalue weighted by atomic mass is 35.5. The normalized spacial score (nSPS) is 12.8. The molecule has 4 nitrogen and oxygen atoms in total. The molecule has 0 bridgehead atoms. The molecule has 2 rings (SSSR count). The Bertz CT molecular complexity index is 534. The predicted octanol–water partition coefficient (Wildman–Crippen LogP) is 3.06. The number of hydrazine groups is 1. The topological polar surface area (TPSA) is 55.9 Å². The van der Waals surface area contributed by atoms with E-state index in [0.717, 1.165) is 40.7 Å². The fraction of sp³-hybridized carbons (Fsp3) is 0.462. The second-order valence-corrected chi connectivity index (χ2v) is 5.85. The van der Waals surface area contributed by atoms with Crippen LogP contribution in [-0.2, 0) is 13.0 Å². The summed E-state index contributed by atoms with van der Waals surface area (Å²) in [5, 5.41) is 2.86. The van der Waals surface area contributed by atoms with E-state index >= 15 is 0 Å². The van der Waals surface area contributed by atoms with Crippen molar-refractivity contribution in [1.29, 1.82) is 0 Å². The van der Waals surface area contributed by atoms with Gasteiger partial charge < -0.3 is 4.57 Å². The number of imidazole rings is 1. The van der Waals surface area contributed by atoms with Gasteiger partial charge in [-0.3, -0.25) is 11.3 Å². The van der Waals surface area contributed by atoms with Gasteiger partial charge in [0.15, 0.2) is 0 Å². The third kappa shape index (κ3) is 3.17. The summed E-state index contributed by atoms with van der Waals surface area (Å²) in [5.41, 5.74) is 3.95. The van der Waals surface area contributed by atoms with Crippen molar-refractivity contribution >= 4 is 22.9 Å². The van der Waals surface area contributed by atoms with Gasteiger partial charge in [0.2, 0.25) is 0 Å². The molecule has 0 spiro atoms. The molecule has 0 radical (unpaired) electrons. The summed E-state index contributed by atoms with van der Waals surface area (Å²) in [6.07, 6.45) is 5.67. The molecule has 104 valence electrons. The molecule has 6 heteroatoms. The van der Waals surface area contributed by atoms with E-state index in [1.165, 1.54) is 0 Å². The van der Waals surface area contributed by atoms with E-state index in [0.29, 0.717) is 0 Å². The SMILES string of the molecule is CCCn1ccnc1CC(NN)c1scc(C)c1Cl. The third-order valence-corrected chi connectivity index (χ3v) is 4.92. The molecule has 0 aliphatic heterocycles. The van der Waals surface area contributed by atoms with Crippen LogP contribution < -0.4 is 11.3 Å². The molecule has 0 amide bonds. The quantitative estimate of drug-likeness (QED) is 0.636. The first-order valence-corrected chi connectivity index (χ1v) is 7.62. The Labute approximate surface area is 122 Å². The maximum absolute atomic E-state index is 6.31. The van der Waals surface area contributed by atoms with Crippen LogP contribution in [0.2, 0.25) is 5.02 Å². The van der Waals surface area contributed by atoms with Gasteiger partial charge in [-0.05, 0) is 24.3 Å². The molecular weight excluding hydrogens is 280 g/mol. The summed E-state index contributed by atoms with van der Waals surface area (Å²) in [5.74, 6) is 6.72. The van der Waals surface area contributed by atoms with Crippen molar-refractivity contribution in [2.45, 2.75) is 39.3 Å². The lowest BCUT2D eigenvalue weighted by atomic mass is 10.1. The van der Waals surface area contributed by atoms with Crippen molar-refractivity contribution in [3.05, 3.63) is 39.1 Å². The number of nitrogens with two attached hydrogens (primary N) is 1. The number of thiophene rings is 1. The van der Waals surface area contributed by atoms with Gasteiger partial charge in [-0.25, -0.2) is 4.98 Å². The third-order valence-electron chi connectivity index (χ3n) is 3.10. The lowest BCUT2D eigenvalue weighted by molar-refractivity contribution is 0.523. The Hall–Kier alpha value is -0.880. The molecule has 0 fully saturated rings. The van der Waals surface area contributed by atoms with Gasteiger partial charge >= 0.3 is 0 Å².